The molecule has 1 aromatic rings. The zero-order valence-electron chi connectivity index (χ0n) is 11.6. The minimum atomic E-state index is -3.16. The van der Waals surface area contributed by atoms with Crippen LogP contribution in [0.2, 0.25) is 0 Å². The van der Waals surface area contributed by atoms with E-state index in [-0.39, 0.29) is 23.5 Å². The summed E-state index contributed by atoms with van der Waals surface area (Å²) in [6.45, 7) is 0. The fourth-order valence-electron chi connectivity index (χ4n) is 2.04. The van der Waals surface area contributed by atoms with Crippen molar-refractivity contribution in [1.29, 1.82) is 0 Å². The van der Waals surface area contributed by atoms with Gasteiger partial charge in [-0.2, -0.15) is 0 Å². The summed E-state index contributed by atoms with van der Waals surface area (Å²) >= 11 is 0. The van der Waals surface area contributed by atoms with E-state index in [0.29, 0.717) is 0 Å². The Morgan fingerprint density at radius 1 is 1.23 bits per heavy atom. The van der Waals surface area contributed by atoms with E-state index < -0.39 is 33.4 Å². The van der Waals surface area contributed by atoms with E-state index in [2.05, 4.69) is 10.9 Å². The first-order valence-corrected chi connectivity index (χ1v) is 8.42. The predicted octanol–water partition coefficient (Wildman–Crippen LogP) is 0.421. The number of sulfone groups is 1. The van der Waals surface area contributed by atoms with Gasteiger partial charge in [0.2, 0.25) is 5.91 Å². The van der Waals surface area contributed by atoms with Gasteiger partial charge in [0.15, 0.2) is 9.84 Å². The van der Waals surface area contributed by atoms with Gasteiger partial charge in [-0.1, -0.05) is 18.2 Å². The van der Waals surface area contributed by atoms with Crippen molar-refractivity contribution in [2.75, 3.05) is 11.5 Å². The number of rotatable bonds is 3. The first-order chi connectivity index (χ1) is 10.4. The Morgan fingerprint density at radius 3 is 2.59 bits per heavy atom. The molecule has 2 amide bonds. The fraction of sp³-hybridized carbons (Fsp3) is 0.286. The van der Waals surface area contributed by atoms with E-state index in [4.69, 9.17) is 0 Å². The quantitative estimate of drug-likeness (QED) is 0.622. The number of halogens is 1. The van der Waals surface area contributed by atoms with E-state index in [1.54, 1.807) is 6.07 Å². The lowest BCUT2D eigenvalue weighted by Gasteiger charge is -2.09. The van der Waals surface area contributed by atoms with E-state index >= 15 is 0 Å². The highest BCUT2D eigenvalue weighted by molar-refractivity contribution is 7.91. The fourth-order valence-corrected chi connectivity index (χ4v) is 3.79. The molecular weight excluding hydrogens is 311 g/mol. The van der Waals surface area contributed by atoms with Crippen LogP contribution >= 0.6 is 0 Å². The zero-order valence-corrected chi connectivity index (χ0v) is 12.4. The molecule has 0 aromatic heterocycles. The summed E-state index contributed by atoms with van der Waals surface area (Å²) in [7, 11) is -3.16. The standard InChI is InChI=1S/C14H15FN2O4S/c15-12-4-2-1-3-10(12)5-6-13(18)16-17-14(19)11-7-8-22(20,21)9-11/h1-6,11H,7-9H2,(H,16,18)(H,17,19)/b6-5+/t11-/m1/s1. The Balaban J connectivity index is 1.83. The Labute approximate surface area is 127 Å². The molecule has 0 spiro atoms. The van der Waals surface area contributed by atoms with Gasteiger partial charge in [0.05, 0.1) is 17.4 Å². The topological polar surface area (TPSA) is 92.3 Å². The highest BCUT2D eigenvalue weighted by Gasteiger charge is 2.32. The van der Waals surface area contributed by atoms with E-state index in [1.807, 2.05) is 0 Å². The number of hydrogen-bond donors (Lipinski definition) is 2. The molecule has 0 bridgehead atoms. The van der Waals surface area contributed by atoms with Crippen molar-refractivity contribution in [1.82, 2.24) is 10.9 Å². The van der Waals surface area contributed by atoms with Crippen LogP contribution < -0.4 is 10.9 Å². The summed E-state index contributed by atoms with van der Waals surface area (Å²) in [5.41, 5.74) is 4.54. The number of carbonyl (C=O) groups is 2. The number of nitrogens with one attached hydrogen (secondary N) is 2. The monoisotopic (exact) mass is 326 g/mol. The molecule has 0 unspecified atom stereocenters. The summed E-state index contributed by atoms with van der Waals surface area (Å²) in [6.07, 6.45) is 2.59. The molecule has 1 fully saturated rings. The van der Waals surface area contributed by atoms with Gasteiger partial charge in [-0.05, 0) is 18.6 Å². The zero-order chi connectivity index (χ0) is 16.2. The lowest BCUT2D eigenvalue weighted by atomic mass is 10.1. The maximum atomic E-state index is 13.3. The molecule has 0 aliphatic carbocycles. The van der Waals surface area contributed by atoms with Gasteiger partial charge < -0.3 is 0 Å². The summed E-state index contributed by atoms with van der Waals surface area (Å²) in [5, 5.41) is 0. The second-order valence-electron chi connectivity index (χ2n) is 4.93. The van der Waals surface area contributed by atoms with Crippen molar-refractivity contribution < 1.29 is 22.4 Å². The maximum Gasteiger partial charge on any atom is 0.262 e. The van der Waals surface area contributed by atoms with Crippen LogP contribution in [0.15, 0.2) is 30.3 Å². The van der Waals surface area contributed by atoms with Gasteiger partial charge in [-0.3, -0.25) is 20.4 Å². The average Bonchev–Trinajstić information content (AvgIpc) is 2.84. The summed E-state index contributed by atoms with van der Waals surface area (Å²) in [5.74, 6) is -2.54. The number of hydrazine groups is 1. The Morgan fingerprint density at radius 2 is 1.95 bits per heavy atom. The van der Waals surface area contributed by atoms with E-state index in [0.717, 1.165) is 6.08 Å². The third kappa shape index (κ3) is 4.39. The molecule has 1 aromatic carbocycles. The molecule has 1 heterocycles. The highest BCUT2D eigenvalue weighted by Crippen LogP contribution is 2.17. The molecule has 118 valence electrons. The lowest BCUT2D eigenvalue weighted by molar-refractivity contribution is -0.129. The van der Waals surface area contributed by atoms with Crippen molar-refractivity contribution in [3.63, 3.8) is 0 Å². The molecule has 0 radical (unpaired) electrons. The van der Waals surface area contributed by atoms with Crippen molar-refractivity contribution in [2.45, 2.75) is 6.42 Å². The van der Waals surface area contributed by atoms with E-state index in [9.17, 15) is 22.4 Å². The van der Waals surface area contributed by atoms with Gasteiger partial charge >= 0.3 is 0 Å². The van der Waals surface area contributed by atoms with Crippen LogP contribution in [0.4, 0.5) is 4.39 Å². The molecule has 2 rings (SSSR count). The summed E-state index contributed by atoms with van der Waals surface area (Å²) in [6, 6.07) is 5.92. The van der Waals surface area contributed by atoms with Gasteiger partial charge in [0, 0.05) is 11.6 Å². The summed E-state index contributed by atoms with van der Waals surface area (Å²) < 4.78 is 35.8. The van der Waals surface area contributed by atoms with Gasteiger partial charge in [0.25, 0.3) is 5.91 Å². The normalized spacial score (nSPS) is 20.0. The van der Waals surface area contributed by atoms with Crippen LogP contribution in [-0.2, 0) is 19.4 Å². The molecular formula is C14H15FN2O4S. The first kappa shape index (κ1) is 16.2. The Kier molecular flexibility index (Phi) is 4.92. The third-order valence-corrected chi connectivity index (χ3v) is 5.00. The van der Waals surface area contributed by atoms with Crippen LogP contribution in [0.5, 0.6) is 0 Å². The number of amides is 2. The van der Waals surface area contributed by atoms with Crippen molar-refractivity contribution in [3.05, 3.63) is 41.7 Å². The van der Waals surface area contributed by atoms with Crippen LogP contribution in [0, 0.1) is 11.7 Å². The van der Waals surface area contributed by atoms with E-state index in [1.165, 1.54) is 24.3 Å². The second-order valence-corrected chi connectivity index (χ2v) is 7.16. The van der Waals surface area contributed by atoms with Gasteiger partial charge in [-0.25, -0.2) is 12.8 Å². The molecule has 8 heteroatoms. The van der Waals surface area contributed by atoms with Crippen LogP contribution in [-0.4, -0.2) is 31.7 Å². The third-order valence-electron chi connectivity index (χ3n) is 3.23. The first-order valence-electron chi connectivity index (χ1n) is 6.60. The van der Waals surface area contributed by atoms with Crippen molar-refractivity contribution in [3.8, 4) is 0 Å². The molecule has 0 saturated carbocycles. The van der Waals surface area contributed by atoms with Crippen LogP contribution in [0.3, 0.4) is 0 Å². The Bertz CT molecular complexity index is 715. The van der Waals surface area contributed by atoms with Gasteiger partial charge in [-0.15, -0.1) is 0 Å². The largest absolute Gasteiger partial charge is 0.273 e. The summed E-state index contributed by atoms with van der Waals surface area (Å²) in [4.78, 5) is 23.2. The minimum Gasteiger partial charge on any atom is -0.273 e. The molecule has 1 aliphatic rings. The molecule has 1 saturated heterocycles. The smallest absolute Gasteiger partial charge is 0.262 e. The average molecular weight is 326 g/mol. The predicted molar refractivity (Wildman–Crippen MR) is 78.5 cm³/mol. The van der Waals surface area contributed by atoms with Crippen LogP contribution in [0.1, 0.15) is 12.0 Å². The highest BCUT2D eigenvalue weighted by atomic mass is 32.2. The number of carbonyl (C=O) groups excluding carboxylic acids is 2. The molecule has 6 nitrogen and oxygen atoms in total. The minimum absolute atomic E-state index is 0.0216. The molecule has 22 heavy (non-hydrogen) atoms. The molecule has 2 N–H and O–H groups in total. The SMILES string of the molecule is O=C(/C=C/c1ccccc1F)NNC(=O)[C@@H]1CCS(=O)(=O)C1. The van der Waals surface area contributed by atoms with Crippen molar-refractivity contribution >= 4 is 27.7 Å². The lowest BCUT2D eigenvalue weighted by Crippen LogP contribution is -2.44. The Hall–Kier alpha value is -2.22. The van der Waals surface area contributed by atoms with Crippen molar-refractivity contribution in [2.24, 2.45) is 5.92 Å². The number of hydrogen-bond acceptors (Lipinski definition) is 4. The van der Waals surface area contributed by atoms with Crippen LogP contribution in [0.25, 0.3) is 6.08 Å². The maximum absolute atomic E-state index is 13.3. The molecule has 1 atom stereocenters. The molecule has 1 aliphatic heterocycles. The number of benzene rings is 1. The second kappa shape index (κ2) is 6.69. The van der Waals surface area contributed by atoms with Gasteiger partial charge in [0.1, 0.15) is 5.82 Å².